The van der Waals surface area contributed by atoms with Gasteiger partial charge in [0.25, 0.3) is 5.91 Å². The van der Waals surface area contributed by atoms with E-state index in [1.807, 2.05) is 13.1 Å². The number of benzene rings is 1. The zero-order chi connectivity index (χ0) is 20.2. The highest BCUT2D eigenvalue weighted by molar-refractivity contribution is 7.11. The normalized spacial score (nSPS) is 11.2. The molecule has 0 aliphatic heterocycles. The Kier molecular flexibility index (Phi) is 9.27. The summed E-state index contributed by atoms with van der Waals surface area (Å²) in [5.74, 6) is 1.36. The summed E-state index contributed by atoms with van der Waals surface area (Å²) in [7, 11) is 1.60. The lowest BCUT2D eigenvalue weighted by atomic mass is 10.2. The van der Waals surface area contributed by atoms with E-state index in [1.165, 1.54) is 4.88 Å². The first kappa shape index (κ1) is 21.7. The Morgan fingerprint density at radius 1 is 1.14 bits per heavy atom. The van der Waals surface area contributed by atoms with Crippen molar-refractivity contribution in [2.75, 3.05) is 33.3 Å². The highest BCUT2D eigenvalue weighted by Gasteiger charge is 2.05. The Bertz CT molecular complexity index is 758. The number of aromatic nitrogens is 1. The van der Waals surface area contributed by atoms with Crippen LogP contribution in [0.3, 0.4) is 0 Å². The molecule has 1 heterocycles. The average molecular weight is 404 g/mol. The fraction of sp³-hybridized carbons (Fsp3) is 0.450. The van der Waals surface area contributed by atoms with Crippen molar-refractivity contribution in [3.05, 3.63) is 45.9 Å². The molecule has 0 aliphatic rings. The number of carbonyl (C=O) groups excluding carboxylic acids is 1. The molecule has 1 amide bonds. The van der Waals surface area contributed by atoms with Crippen molar-refractivity contribution in [1.29, 1.82) is 0 Å². The van der Waals surface area contributed by atoms with E-state index >= 15 is 0 Å². The van der Waals surface area contributed by atoms with Crippen LogP contribution >= 0.6 is 11.3 Å². The van der Waals surface area contributed by atoms with Gasteiger partial charge in [-0.2, -0.15) is 0 Å². The SMILES string of the molecule is CCNC(=NCCc1ncc(CC)s1)NCCNC(=O)c1ccc(OC)cc1. The molecule has 0 saturated heterocycles. The second-order valence-electron chi connectivity index (χ2n) is 6.00. The molecule has 1 aromatic heterocycles. The Hall–Kier alpha value is -2.61. The van der Waals surface area contributed by atoms with Crippen molar-refractivity contribution in [1.82, 2.24) is 20.9 Å². The topological polar surface area (TPSA) is 87.6 Å². The van der Waals surface area contributed by atoms with Gasteiger partial charge in [0.15, 0.2) is 5.96 Å². The predicted molar refractivity (Wildman–Crippen MR) is 115 cm³/mol. The van der Waals surface area contributed by atoms with Crippen molar-refractivity contribution >= 4 is 23.2 Å². The Morgan fingerprint density at radius 2 is 1.89 bits per heavy atom. The number of ether oxygens (including phenoxy) is 1. The number of carbonyl (C=O) groups is 1. The summed E-state index contributed by atoms with van der Waals surface area (Å²) in [6.45, 7) is 6.70. The minimum Gasteiger partial charge on any atom is -0.497 e. The number of thiazole rings is 1. The Morgan fingerprint density at radius 3 is 2.54 bits per heavy atom. The zero-order valence-electron chi connectivity index (χ0n) is 16.7. The van der Waals surface area contributed by atoms with Gasteiger partial charge in [-0.1, -0.05) is 6.92 Å². The number of amides is 1. The third-order valence-electron chi connectivity index (χ3n) is 3.94. The van der Waals surface area contributed by atoms with Crippen LogP contribution in [0.5, 0.6) is 5.75 Å². The molecule has 28 heavy (non-hydrogen) atoms. The molecule has 8 heteroatoms. The van der Waals surface area contributed by atoms with Crippen molar-refractivity contribution in [2.45, 2.75) is 26.7 Å². The standard InChI is InChI=1S/C20H29N5O2S/c1-4-17-14-25-18(28-17)10-11-23-20(21-5-2)24-13-12-22-19(26)15-6-8-16(27-3)9-7-15/h6-9,14H,4-5,10-13H2,1-3H3,(H,22,26)(H2,21,23,24). The minimum absolute atomic E-state index is 0.109. The van der Waals surface area contributed by atoms with E-state index in [2.05, 4.69) is 32.9 Å². The fourth-order valence-corrected chi connectivity index (χ4v) is 3.28. The molecule has 0 spiro atoms. The van der Waals surface area contributed by atoms with Gasteiger partial charge in [0.1, 0.15) is 5.75 Å². The van der Waals surface area contributed by atoms with Gasteiger partial charge in [-0.05, 0) is 37.6 Å². The second-order valence-corrected chi connectivity index (χ2v) is 7.20. The first-order valence-electron chi connectivity index (χ1n) is 9.54. The Labute approximate surface area is 170 Å². The van der Waals surface area contributed by atoms with Gasteiger partial charge < -0.3 is 20.7 Å². The number of hydrogen-bond donors (Lipinski definition) is 3. The number of guanidine groups is 1. The van der Waals surface area contributed by atoms with Crippen LogP contribution in [0.25, 0.3) is 0 Å². The molecular formula is C20H29N5O2S. The number of rotatable bonds is 10. The van der Waals surface area contributed by atoms with Crippen LogP contribution < -0.4 is 20.7 Å². The molecule has 0 atom stereocenters. The smallest absolute Gasteiger partial charge is 0.251 e. The predicted octanol–water partition coefficient (Wildman–Crippen LogP) is 2.24. The highest BCUT2D eigenvalue weighted by Crippen LogP contribution is 2.13. The van der Waals surface area contributed by atoms with Crippen LogP contribution in [0.2, 0.25) is 0 Å². The third-order valence-corrected chi connectivity index (χ3v) is 5.15. The maximum Gasteiger partial charge on any atom is 0.251 e. The van der Waals surface area contributed by atoms with E-state index in [0.29, 0.717) is 25.2 Å². The summed E-state index contributed by atoms with van der Waals surface area (Å²) in [6, 6.07) is 7.04. The van der Waals surface area contributed by atoms with Gasteiger partial charge in [-0.3, -0.25) is 9.79 Å². The van der Waals surface area contributed by atoms with Crippen LogP contribution in [-0.2, 0) is 12.8 Å². The molecule has 0 saturated carbocycles. The molecule has 2 rings (SSSR count). The van der Waals surface area contributed by atoms with Crippen LogP contribution in [0, 0.1) is 0 Å². The van der Waals surface area contributed by atoms with Gasteiger partial charge in [0.05, 0.1) is 12.1 Å². The van der Waals surface area contributed by atoms with Crippen LogP contribution in [0.1, 0.15) is 34.1 Å². The van der Waals surface area contributed by atoms with E-state index in [1.54, 1.807) is 42.7 Å². The number of hydrogen-bond acceptors (Lipinski definition) is 5. The number of methoxy groups -OCH3 is 1. The van der Waals surface area contributed by atoms with Crippen LogP contribution in [-0.4, -0.2) is 50.1 Å². The van der Waals surface area contributed by atoms with E-state index in [4.69, 9.17) is 4.74 Å². The highest BCUT2D eigenvalue weighted by atomic mass is 32.1. The van der Waals surface area contributed by atoms with E-state index in [-0.39, 0.29) is 5.91 Å². The second kappa shape index (κ2) is 12.0. The number of aliphatic imine (C=N–C) groups is 1. The van der Waals surface area contributed by atoms with Crippen molar-refractivity contribution in [2.24, 2.45) is 4.99 Å². The van der Waals surface area contributed by atoms with Gasteiger partial charge in [-0.25, -0.2) is 4.98 Å². The molecule has 0 aliphatic carbocycles. The minimum atomic E-state index is -0.109. The molecule has 1 aromatic carbocycles. The van der Waals surface area contributed by atoms with E-state index in [9.17, 15) is 4.79 Å². The molecule has 0 bridgehead atoms. The van der Waals surface area contributed by atoms with Gasteiger partial charge in [0.2, 0.25) is 0 Å². The monoisotopic (exact) mass is 403 g/mol. The lowest BCUT2D eigenvalue weighted by Gasteiger charge is -2.12. The van der Waals surface area contributed by atoms with Gasteiger partial charge >= 0.3 is 0 Å². The molecule has 7 nitrogen and oxygen atoms in total. The first-order valence-corrected chi connectivity index (χ1v) is 10.4. The first-order chi connectivity index (χ1) is 13.7. The quantitative estimate of drug-likeness (QED) is 0.322. The summed E-state index contributed by atoms with van der Waals surface area (Å²) < 4.78 is 5.10. The van der Waals surface area contributed by atoms with Crippen LogP contribution in [0.15, 0.2) is 35.5 Å². The molecular weight excluding hydrogens is 374 g/mol. The number of aryl methyl sites for hydroxylation is 1. The largest absolute Gasteiger partial charge is 0.497 e. The van der Waals surface area contributed by atoms with E-state index in [0.717, 1.165) is 36.1 Å². The number of nitrogens with one attached hydrogen (secondary N) is 3. The summed E-state index contributed by atoms with van der Waals surface area (Å²) in [5.41, 5.74) is 0.608. The summed E-state index contributed by atoms with van der Waals surface area (Å²) in [6.07, 6.45) is 3.79. The van der Waals surface area contributed by atoms with Crippen LogP contribution in [0.4, 0.5) is 0 Å². The van der Waals surface area contributed by atoms with Crippen molar-refractivity contribution in [3.63, 3.8) is 0 Å². The molecule has 152 valence electrons. The van der Waals surface area contributed by atoms with Crippen molar-refractivity contribution in [3.8, 4) is 5.75 Å². The summed E-state index contributed by atoms with van der Waals surface area (Å²) in [5, 5.41) is 10.5. The molecule has 0 unspecified atom stereocenters. The Balaban J connectivity index is 1.73. The summed E-state index contributed by atoms with van der Waals surface area (Å²) in [4.78, 5) is 22.4. The van der Waals surface area contributed by atoms with Crippen molar-refractivity contribution < 1.29 is 9.53 Å². The summed E-state index contributed by atoms with van der Waals surface area (Å²) >= 11 is 1.75. The fourth-order valence-electron chi connectivity index (χ4n) is 2.43. The van der Waals surface area contributed by atoms with E-state index < -0.39 is 0 Å². The number of nitrogens with zero attached hydrogens (tertiary/aromatic N) is 2. The lowest BCUT2D eigenvalue weighted by Crippen LogP contribution is -2.41. The molecule has 3 N–H and O–H groups in total. The van der Waals surface area contributed by atoms with Gasteiger partial charge in [0, 0.05) is 49.2 Å². The molecule has 0 radical (unpaired) electrons. The third kappa shape index (κ3) is 7.19. The maximum absolute atomic E-state index is 12.1. The zero-order valence-corrected chi connectivity index (χ0v) is 17.6. The molecule has 2 aromatic rings. The molecule has 0 fully saturated rings. The average Bonchev–Trinajstić information content (AvgIpc) is 3.19. The maximum atomic E-state index is 12.1. The van der Waals surface area contributed by atoms with Gasteiger partial charge in [-0.15, -0.1) is 11.3 Å². The lowest BCUT2D eigenvalue weighted by molar-refractivity contribution is 0.0954.